The number of H-pyrrole nitrogens is 1. The number of aromatic nitrogens is 5. The molecule has 0 spiro atoms. The molecule has 1 amide bonds. The molecule has 1 N–H and O–H groups in total. The third-order valence-corrected chi connectivity index (χ3v) is 8.38. The standard InChI is InChI=1S/C31H27F8N7O3/c1-14-24(15(2)44-43-14)18-7-21(26(48-4)40-9-18)22-10-41-27(45-12-29(32,33)13-45)42-23(22)11-46-16(3)25(49-28(46)47)17-5-19(30(34,35)36)8-20(6-17)31(37,38)39/h5-10,16,25H,11-13H2,1-4H3,(H,43,44)/t16-,25-/m0/s1. The summed E-state index contributed by atoms with van der Waals surface area (Å²) in [6.07, 6.45) is -9.90. The van der Waals surface area contributed by atoms with Gasteiger partial charge in [0.2, 0.25) is 11.8 Å². The van der Waals surface area contributed by atoms with Gasteiger partial charge in [0, 0.05) is 40.3 Å². The predicted octanol–water partition coefficient (Wildman–Crippen LogP) is 7.13. The van der Waals surface area contributed by atoms with E-state index in [0.717, 1.165) is 16.2 Å². The Balaban J connectivity index is 1.42. The molecule has 49 heavy (non-hydrogen) atoms. The van der Waals surface area contributed by atoms with Crippen molar-refractivity contribution in [2.24, 2.45) is 0 Å². The predicted molar refractivity (Wildman–Crippen MR) is 157 cm³/mol. The molecule has 18 heteroatoms. The SMILES string of the molecule is COc1ncc(-c2c(C)n[nH]c2C)cc1-c1cnc(N2CC(F)(F)C2)nc1CN1C(=O)O[C@H](c2cc(C(F)(F)F)cc(C(F)(F)F)c2)[C@@H]1C. The lowest BCUT2D eigenvalue weighted by molar-refractivity contribution is -0.143. The van der Waals surface area contributed by atoms with E-state index >= 15 is 0 Å². The minimum atomic E-state index is -5.11. The molecule has 4 aromatic rings. The van der Waals surface area contributed by atoms with Gasteiger partial charge in [0.1, 0.15) is 6.10 Å². The number of carbonyl (C=O) groups excluding carboxylic acids is 1. The fourth-order valence-corrected chi connectivity index (χ4v) is 5.94. The van der Waals surface area contributed by atoms with Crippen molar-refractivity contribution < 1.29 is 49.4 Å². The molecular weight excluding hydrogens is 670 g/mol. The number of hydrogen-bond donors (Lipinski definition) is 1. The van der Waals surface area contributed by atoms with Crippen molar-refractivity contribution >= 4 is 12.0 Å². The largest absolute Gasteiger partial charge is 0.481 e. The van der Waals surface area contributed by atoms with Crippen LogP contribution in [0.4, 0.5) is 45.9 Å². The molecule has 1 aromatic carbocycles. The number of carbonyl (C=O) groups is 1. The molecule has 2 aliphatic heterocycles. The van der Waals surface area contributed by atoms with Crippen LogP contribution in [0.3, 0.4) is 0 Å². The van der Waals surface area contributed by atoms with E-state index in [9.17, 15) is 39.9 Å². The summed E-state index contributed by atoms with van der Waals surface area (Å²) >= 11 is 0. The highest BCUT2D eigenvalue weighted by Crippen LogP contribution is 2.42. The molecule has 3 aromatic heterocycles. The summed E-state index contributed by atoms with van der Waals surface area (Å²) in [5.41, 5.74) is -0.140. The first-order chi connectivity index (χ1) is 22.9. The number of methoxy groups -OCH3 is 1. The summed E-state index contributed by atoms with van der Waals surface area (Å²) in [7, 11) is 1.37. The van der Waals surface area contributed by atoms with E-state index in [-0.39, 0.29) is 29.2 Å². The third-order valence-electron chi connectivity index (χ3n) is 8.38. The van der Waals surface area contributed by atoms with E-state index in [1.165, 1.54) is 25.1 Å². The Hall–Kier alpha value is -5.03. The van der Waals surface area contributed by atoms with Crippen LogP contribution in [0.2, 0.25) is 0 Å². The topological polar surface area (TPSA) is 109 Å². The summed E-state index contributed by atoms with van der Waals surface area (Å²) in [6.45, 7) is 3.28. The fraction of sp³-hybridized carbons (Fsp3) is 0.387. The van der Waals surface area contributed by atoms with E-state index in [2.05, 4.69) is 25.1 Å². The minimum absolute atomic E-state index is 0.0151. The lowest BCUT2D eigenvalue weighted by Gasteiger charge is -2.38. The fourth-order valence-electron chi connectivity index (χ4n) is 5.94. The van der Waals surface area contributed by atoms with Crippen molar-refractivity contribution in [3.05, 3.63) is 70.4 Å². The molecule has 5 heterocycles. The Morgan fingerprint density at radius 2 is 1.63 bits per heavy atom. The number of amides is 1. The van der Waals surface area contributed by atoms with Crippen molar-refractivity contribution in [2.45, 2.75) is 57.7 Å². The summed E-state index contributed by atoms with van der Waals surface area (Å²) in [6, 6.07) is 1.62. The molecule has 2 saturated heterocycles. The van der Waals surface area contributed by atoms with Gasteiger partial charge in [-0.2, -0.15) is 31.4 Å². The molecule has 0 unspecified atom stereocenters. The first-order valence-electron chi connectivity index (χ1n) is 14.7. The Labute approximate surface area is 273 Å². The van der Waals surface area contributed by atoms with Crippen molar-refractivity contribution in [1.29, 1.82) is 0 Å². The van der Waals surface area contributed by atoms with Gasteiger partial charge >= 0.3 is 18.4 Å². The van der Waals surface area contributed by atoms with E-state index in [1.807, 2.05) is 6.92 Å². The van der Waals surface area contributed by atoms with Gasteiger partial charge in [-0.1, -0.05) is 0 Å². The molecular formula is C31H27F8N7O3. The molecule has 260 valence electrons. The summed E-state index contributed by atoms with van der Waals surface area (Å²) in [4.78, 5) is 28.7. The summed E-state index contributed by atoms with van der Waals surface area (Å²) in [5, 5.41) is 7.10. The van der Waals surface area contributed by atoms with Gasteiger partial charge in [0.15, 0.2) is 0 Å². The number of nitrogens with zero attached hydrogens (tertiary/aromatic N) is 6. The van der Waals surface area contributed by atoms with Gasteiger partial charge in [-0.15, -0.1) is 0 Å². The van der Waals surface area contributed by atoms with E-state index in [1.54, 1.807) is 19.2 Å². The second-order valence-electron chi connectivity index (χ2n) is 11.8. The van der Waals surface area contributed by atoms with Crippen molar-refractivity contribution in [2.75, 3.05) is 25.1 Å². The van der Waals surface area contributed by atoms with Crippen LogP contribution in [0.25, 0.3) is 22.3 Å². The van der Waals surface area contributed by atoms with E-state index in [0.29, 0.717) is 29.0 Å². The molecule has 2 aliphatic rings. The Morgan fingerprint density at radius 1 is 0.980 bits per heavy atom. The van der Waals surface area contributed by atoms with Gasteiger partial charge in [-0.3, -0.25) is 10.00 Å². The van der Waals surface area contributed by atoms with Gasteiger partial charge in [-0.05, 0) is 50.6 Å². The maximum atomic E-state index is 13.8. The Morgan fingerprint density at radius 3 is 2.18 bits per heavy atom. The zero-order valence-electron chi connectivity index (χ0n) is 26.2. The number of halogens is 8. The maximum absolute atomic E-state index is 13.8. The number of benzene rings is 1. The lowest BCUT2D eigenvalue weighted by atomic mass is 9.97. The number of aryl methyl sites for hydroxylation is 2. The first-order valence-corrected chi connectivity index (χ1v) is 14.7. The van der Waals surface area contributed by atoms with Crippen LogP contribution < -0.4 is 9.64 Å². The molecule has 0 aliphatic carbocycles. The normalized spacial score (nSPS) is 19.2. The highest BCUT2D eigenvalue weighted by atomic mass is 19.4. The van der Waals surface area contributed by atoms with Crippen molar-refractivity contribution in [3.8, 4) is 28.1 Å². The second kappa shape index (κ2) is 11.8. The Kier molecular flexibility index (Phi) is 8.18. The zero-order chi connectivity index (χ0) is 35.6. The van der Waals surface area contributed by atoms with Crippen LogP contribution in [0.15, 0.2) is 36.7 Å². The average Bonchev–Trinajstić information content (AvgIpc) is 3.50. The lowest BCUT2D eigenvalue weighted by Crippen LogP contribution is -2.57. The number of hydrogen-bond acceptors (Lipinski definition) is 8. The van der Waals surface area contributed by atoms with Gasteiger partial charge in [0.05, 0.1) is 55.3 Å². The number of pyridine rings is 1. The van der Waals surface area contributed by atoms with E-state index in [4.69, 9.17) is 9.47 Å². The quantitative estimate of drug-likeness (QED) is 0.203. The number of cyclic esters (lactones) is 1. The first kappa shape index (κ1) is 33.9. The molecule has 10 nitrogen and oxygen atoms in total. The molecule has 2 atom stereocenters. The summed E-state index contributed by atoms with van der Waals surface area (Å²) in [5.74, 6) is -2.93. The van der Waals surface area contributed by atoms with E-state index < -0.39 is 72.8 Å². The van der Waals surface area contributed by atoms with Crippen LogP contribution in [0.1, 0.15) is 46.8 Å². The minimum Gasteiger partial charge on any atom is -0.481 e. The van der Waals surface area contributed by atoms with Crippen molar-refractivity contribution in [3.63, 3.8) is 0 Å². The van der Waals surface area contributed by atoms with Crippen LogP contribution in [0, 0.1) is 13.8 Å². The van der Waals surface area contributed by atoms with Crippen LogP contribution in [0.5, 0.6) is 5.88 Å². The zero-order valence-corrected chi connectivity index (χ0v) is 26.2. The van der Waals surface area contributed by atoms with Crippen LogP contribution in [-0.2, 0) is 23.6 Å². The third kappa shape index (κ3) is 6.42. The number of anilines is 1. The number of rotatable bonds is 7. The number of ether oxygens (including phenoxy) is 2. The van der Waals surface area contributed by atoms with Crippen LogP contribution >= 0.6 is 0 Å². The highest BCUT2D eigenvalue weighted by molar-refractivity contribution is 5.79. The smallest absolute Gasteiger partial charge is 0.416 e. The van der Waals surface area contributed by atoms with Gasteiger partial charge < -0.3 is 14.4 Å². The maximum Gasteiger partial charge on any atom is 0.416 e. The molecule has 2 fully saturated rings. The monoisotopic (exact) mass is 697 g/mol. The van der Waals surface area contributed by atoms with Gasteiger partial charge in [-0.25, -0.2) is 28.5 Å². The molecule has 6 rings (SSSR count). The molecule has 0 radical (unpaired) electrons. The number of aromatic amines is 1. The van der Waals surface area contributed by atoms with Crippen LogP contribution in [-0.4, -0.2) is 68.3 Å². The Bertz CT molecular complexity index is 1870. The number of nitrogens with one attached hydrogen (secondary N) is 1. The van der Waals surface area contributed by atoms with Gasteiger partial charge in [0.25, 0.3) is 5.92 Å². The average molecular weight is 698 g/mol. The molecule has 0 bridgehead atoms. The number of alkyl halides is 8. The molecule has 0 saturated carbocycles. The highest BCUT2D eigenvalue weighted by Gasteiger charge is 2.46. The second-order valence-corrected chi connectivity index (χ2v) is 11.8. The van der Waals surface area contributed by atoms with Crippen molar-refractivity contribution in [1.82, 2.24) is 30.0 Å². The summed E-state index contributed by atoms with van der Waals surface area (Å²) < 4.78 is 120.